The summed E-state index contributed by atoms with van der Waals surface area (Å²) in [6, 6.07) is 6.95. The molecule has 0 saturated carbocycles. The SMILES string of the molecule is COc1ccc(S(=O)(=O)N[C@@H](C)C(=O)Nc2cc(F)ccc2C)cc1OC. The van der Waals surface area contributed by atoms with Crippen LogP contribution in [0.5, 0.6) is 11.5 Å². The summed E-state index contributed by atoms with van der Waals surface area (Å²) in [5.74, 6) is -0.501. The van der Waals surface area contributed by atoms with Crippen LogP contribution in [-0.4, -0.2) is 34.6 Å². The molecule has 1 atom stereocenters. The molecule has 0 spiro atoms. The van der Waals surface area contributed by atoms with Crippen LogP contribution < -0.4 is 19.5 Å². The normalized spacial score (nSPS) is 12.3. The van der Waals surface area contributed by atoms with Gasteiger partial charge in [0.25, 0.3) is 0 Å². The number of halogens is 1. The highest BCUT2D eigenvalue weighted by atomic mass is 32.2. The Hall–Kier alpha value is -2.65. The molecule has 9 heteroatoms. The van der Waals surface area contributed by atoms with E-state index in [-0.39, 0.29) is 16.3 Å². The lowest BCUT2D eigenvalue weighted by atomic mass is 10.2. The van der Waals surface area contributed by atoms with Crippen LogP contribution in [0.4, 0.5) is 10.1 Å². The van der Waals surface area contributed by atoms with E-state index >= 15 is 0 Å². The van der Waals surface area contributed by atoms with Gasteiger partial charge >= 0.3 is 0 Å². The van der Waals surface area contributed by atoms with Crippen LogP contribution in [-0.2, 0) is 14.8 Å². The molecular formula is C18H21FN2O5S. The van der Waals surface area contributed by atoms with Crippen LogP contribution in [0.3, 0.4) is 0 Å². The summed E-state index contributed by atoms with van der Waals surface area (Å²) in [6.07, 6.45) is 0. The minimum absolute atomic E-state index is 0.0817. The first-order valence-electron chi connectivity index (χ1n) is 7.99. The molecule has 2 rings (SSSR count). The molecule has 0 unspecified atom stereocenters. The molecule has 0 aliphatic carbocycles. The number of benzene rings is 2. The Morgan fingerprint density at radius 1 is 1.07 bits per heavy atom. The zero-order valence-corrected chi connectivity index (χ0v) is 16.2. The van der Waals surface area contributed by atoms with Crippen molar-refractivity contribution in [1.29, 1.82) is 0 Å². The minimum atomic E-state index is -3.99. The molecule has 146 valence electrons. The number of amides is 1. The summed E-state index contributed by atoms with van der Waals surface area (Å²) in [4.78, 5) is 12.2. The lowest BCUT2D eigenvalue weighted by Gasteiger charge is -2.16. The lowest BCUT2D eigenvalue weighted by molar-refractivity contribution is -0.117. The van der Waals surface area contributed by atoms with Crippen LogP contribution in [0.1, 0.15) is 12.5 Å². The largest absolute Gasteiger partial charge is 0.493 e. The van der Waals surface area contributed by atoms with E-state index in [4.69, 9.17) is 9.47 Å². The highest BCUT2D eigenvalue weighted by Crippen LogP contribution is 2.29. The van der Waals surface area contributed by atoms with Crippen molar-refractivity contribution in [3.63, 3.8) is 0 Å². The van der Waals surface area contributed by atoms with E-state index in [2.05, 4.69) is 10.0 Å². The Kier molecular flexibility index (Phi) is 6.40. The van der Waals surface area contributed by atoms with Gasteiger partial charge in [0.1, 0.15) is 5.82 Å². The van der Waals surface area contributed by atoms with Crippen LogP contribution >= 0.6 is 0 Å². The topological polar surface area (TPSA) is 93.7 Å². The first-order chi connectivity index (χ1) is 12.7. The Morgan fingerprint density at radius 2 is 1.74 bits per heavy atom. The highest BCUT2D eigenvalue weighted by Gasteiger charge is 2.23. The van der Waals surface area contributed by atoms with E-state index in [1.165, 1.54) is 57.5 Å². The molecule has 27 heavy (non-hydrogen) atoms. The quantitative estimate of drug-likeness (QED) is 0.750. The van der Waals surface area contributed by atoms with Crippen molar-refractivity contribution in [3.8, 4) is 11.5 Å². The number of methoxy groups -OCH3 is 2. The van der Waals surface area contributed by atoms with Gasteiger partial charge in [-0.15, -0.1) is 0 Å². The number of aryl methyl sites for hydroxylation is 1. The summed E-state index contributed by atoms with van der Waals surface area (Å²) in [5.41, 5.74) is 0.928. The van der Waals surface area contributed by atoms with Crippen molar-refractivity contribution in [2.45, 2.75) is 24.8 Å². The Bertz CT molecular complexity index is 947. The number of hydrogen-bond acceptors (Lipinski definition) is 5. The van der Waals surface area contributed by atoms with Gasteiger partial charge < -0.3 is 14.8 Å². The number of ether oxygens (including phenoxy) is 2. The van der Waals surface area contributed by atoms with Crippen molar-refractivity contribution >= 4 is 21.6 Å². The van der Waals surface area contributed by atoms with Gasteiger partial charge in [-0.05, 0) is 43.7 Å². The molecule has 0 bridgehead atoms. The van der Waals surface area contributed by atoms with Gasteiger partial charge in [-0.3, -0.25) is 4.79 Å². The Labute approximate surface area is 157 Å². The molecule has 0 aromatic heterocycles. The smallest absolute Gasteiger partial charge is 0.242 e. The molecular weight excluding hydrogens is 375 g/mol. The number of nitrogens with one attached hydrogen (secondary N) is 2. The fourth-order valence-electron chi connectivity index (χ4n) is 2.31. The van der Waals surface area contributed by atoms with E-state index in [9.17, 15) is 17.6 Å². The van der Waals surface area contributed by atoms with Crippen molar-refractivity contribution in [3.05, 3.63) is 47.8 Å². The van der Waals surface area contributed by atoms with Gasteiger partial charge in [0.05, 0.1) is 25.2 Å². The number of rotatable bonds is 7. The van der Waals surface area contributed by atoms with E-state index in [1.54, 1.807) is 6.92 Å². The summed E-state index contributed by atoms with van der Waals surface area (Å²) in [5, 5.41) is 2.52. The Morgan fingerprint density at radius 3 is 2.37 bits per heavy atom. The zero-order chi connectivity index (χ0) is 20.2. The third-order valence-electron chi connectivity index (χ3n) is 3.85. The van der Waals surface area contributed by atoms with E-state index in [0.717, 1.165) is 0 Å². The summed E-state index contributed by atoms with van der Waals surface area (Å²) < 4.78 is 50.9. The molecule has 0 aliphatic rings. The van der Waals surface area contributed by atoms with Crippen LogP contribution in [0.25, 0.3) is 0 Å². The fraction of sp³-hybridized carbons (Fsp3) is 0.278. The molecule has 0 aliphatic heterocycles. The van der Waals surface area contributed by atoms with Gasteiger partial charge in [0, 0.05) is 11.8 Å². The molecule has 2 N–H and O–H groups in total. The molecule has 7 nitrogen and oxygen atoms in total. The average molecular weight is 396 g/mol. The third kappa shape index (κ3) is 4.95. The lowest BCUT2D eigenvalue weighted by Crippen LogP contribution is -2.41. The van der Waals surface area contributed by atoms with E-state index < -0.39 is 27.8 Å². The standard InChI is InChI=1S/C18H21FN2O5S/c1-11-5-6-13(19)9-15(11)20-18(22)12(2)21-27(23,24)14-7-8-16(25-3)17(10-14)26-4/h5-10,12,21H,1-4H3,(H,20,22)/t12-/m0/s1. The molecule has 0 radical (unpaired) electrons. The van der Waals surface area contributed by atoms with Crippen molar-refractivity contribution < 1.29 is 27.1 Å². The monoisotopic (exact) mass is 396 g/mol. The van der Waals surface area contributed by atoms with Gasteiger partial charge in [0.2, 0.25) is 15.9 Å². The maximum absolute atomic E-state index is 13.3. The average Bonchev–Trinajstić information content (AvgIpc) is 2.63. The first-order valence-corrected chi connectivity index (χ1v) is 9.47. The van der Waals surface area contributed by atoms with Crippen LogP contribution in [0.15, 0.2) is 41.3 Å². The van der Waals surface area contributed by atoms with Gasteiger partial charge in [-0.1, -0.05) is 6.07 Å². The predicted octanol–water partition coefficient (Wildman–Crippen LogP) is 2.46. The van der Waals surface area contributed by atoms with Gasteiger partial charge in [-0.25, -0.2) is 12.8 Å². The van der Waals surface area contributed by atoms with Crippen molar-refractivity contribution in [2.24, 2.45) is 0 Å². The zero-order valence-electron chi connectivity index (χ0n) is 15.4. The summed E-state index contributed by atoms with van der Waals surface area (Å²) >= 11 is 0. The van der Waals surface area contributed by atoms with Crippen molar-refractivity contribution in [1.82, 2.24) is 4.72 Å². The van der Waals surface area contributed by atoms with E-state index in [1.807, 2.05) is 0 Å². The molecule has 0 heterocycles. The van der Waals surface area contributed by atoms with Crippen LogP contribution in [0, 0.1) is 12.7 Å². The number of sulfonamides is 1. The number of carbonyl (C=O) groups excluding carboxylic acids is 1. The third-order valence-corrected chi connectivity index (χ3v) is 5.39. The predicted molar refractivity (Wildman–Crippen MR) is 99.1 cm³/mol. The van der Waals surface area contributed by atoms with Gasteiger partial charge in [0.15, 0.2) is 11.5 Å². The summed E-state index contributed by atoms with van der Waals surface area (Å²) in [7, 11) is -1.17. The minimum Gasteiger partial charge on any atom is -0.493 e. The second-order valence-electron chi connectivity index (χ2n) is 5.81. The molecule has 2 aromatic rings. The second kappa shape index (κ2) is 8.36. The second-order valence-corrected chi connectivity index (χ2v) is 7.52. The first kappa shape index (κ1) is 20.7. The van der Waals surface area contributed by atoms with Gasteiger partial charge in [-0.2, -0.15) is 4.72 Å². The maximum Gasteiger partial charge on any atom is 0.242 e. The van der Waals surface area contributed by atoms with E-state index in [0.29, 0.717) is 11.3 Å². The van der Waals surface area contributed by atoms with Crippen molar-refractivity contribution in [2.75, 3.05) is 19.5 Å². The number of carbonyl (C=O) groups is 1. The van der Waals surface area contributed by atoms with Crippen LogP contribution in [0.2, 0.25) is 0 Å². The summed E-state index contributed by atoms with van der Waals surface area (Å²) in [6.45, 7) is 3.09. The fourth-order valence-corrected chi connectivity index (χ4v) is 3.53. The Balaban J connectivity index is 2.17. The molecule has 0 saturated heterocycles. The molecule has 2 aromatic carbocycles. The molecule has 1 amide bonds. The maximum atomic E-state index is 13.3. The molecule has 0 fully saturated rings. The highest BCUT2D eigenvalue weighted by molar-refractivity contribution is 7.89. The number of hydrogen-bond donors (Lipinski definition) is 2. The number of anilines is 1.